The van der Waals surface area contributed by atoms with Gasteiger partial charge in [0.1, 0.15) is 12.3 Å². The zero-order valence-electron chi connectivity index (χ0n) is 9.01. The molecule has 3 heteroatoms. The Morgan fingerprint density at radius 3 is 2.57 bits per heavy atom. The largest absolute Gasteiger partial charge is 0.385 e. The van der Waals surface area contributed by atoms with E-state index >= 15 is 0 Å². The third-order valence-electron chi connectivity index (χ3n) is 3.26. The Morgan fingerprint density at radius 1 is 1.21 bits per heavy atom. The summed E-state index contributed by atoms with van der Waals surface area (Å²) >= 11 is 0. The third kappa shape index (κ3) is 3.19. The Labute approximate surface area is 84.8 Å². The van der Waals surface area contributed by atoms with E-state index in [1.54, 1.807) is 7.11 Å². The number of hydrogen-bond acceptors (Lipinski definition) is 1. The third-order valence-corrected chi connectivity index (χ3v) is 3.26. The van der Waals surface area contributed by atoms with Crippen LogP contribution in [0.1, 0.15) is 32.6 Å². The molecule has 3 unspecified atom stereocenters. The highest BCUT2D eigenvalue weighted by molar-refractivity contribution is 4.81. The van der Waals surface area contributed by atoms with Crippen LogP contribution in [0.5, 0.6) is 0 Å². The van der Waals surface area contributed by atoms with Crippen LogP contribution in [0, 0.1) is 11.8 Å². The molecule has 0 amide bonds. The molecule has 0 heterocycles. The van der Waals surface area contributed by atoms with Crippen LogP contribution in [-0.2, 0) is 4.74 Å². The molecule has 1 rings (SSSR count). The van der Waals surface area contributed by atoms with Gasteiger partial charge in [0, 0.05) is 20.1 Å². The lowest BCUT2D eigenvalue weighted by atomic mass is 9.95. The quantitative estimate of drug-likeness (QED) is 0.645. The highest BCUT2D eigenvalue weighted by Gasteiger charge is 2.31. The van der Waals surface area contributed by atoms with E-state index in [4.69, 9.17) is 4.74 Å². The summed E-state index contributed by atoms with van der Waals surface area (Å²) in [5, 5.41) is 0. The molecule has 14 heavy (non-hydrogen) atoms. The van der Waals surface area contributed by atoms with Crippen molar-refractivity contribution in [3.63, 3.8) is 0 Å². The maximum absolute atomic E-state index is 13.6. The molecular formula is C11H20F2O. The van der Waals surface area contributed by atoms with Crippen LogP contribution in [-0.4, -0.2) is 26.1 Å². The molecule has 1 saturated carbocycles. The van der Waals surface area contributed by atoms with Gasteiger partial charge in [-0.2, -0.15) is 0 Å². The highest BCUT2D eigenvalue weighted by Crippen LogP contribution is 2.32. The van der Waals surface area contributed by atoms with Gasteiger partial charge in [-0.1, -0.05) is 6.92 Å². The second-order valence-corrected chi connectivity index (χ2v) is 4.36. The van der Waals surface area contributed by atoms with Gasteiger partial charge in [0.25, 0.3) is 0 Å². The van der Waals surface area contributed by atoms with Gasteiger partial charge in [0.05, 0.1) is 0 Å². The lowest BCUT2D eigenvalue weighted by Gasteiger charge is -2.17. The Bertz CT molecular complexity index is 163. The first-order valence-electron chi connectivity index (χ1n) is 5.42. The number of rotatable bonds is 3. The molecule has 0 aromatic heterocycles. The van der Waals surface area contributed by atoms with E-state index in [1.165, 1.54) is 0 Å². The van der Waals surface area contributed by atoms with Crippen molar-refractivity contribution >= 4 is 0 Å². The van der Waals surface area contributed by atoms with E-state index in [-0.39, 0.29) is 18.3 Å². The van der Waals surface area contributed by atoms with Crippen molar-refractivity contribution in [2.45, 2.75) is 45.0 Å². The van der Waals surface area contributed by atoms with Crippen molar-refractivity contribution < 1.29 is 13.5 Å². The van der Waals surface area contributed by atoms with Gasteiger partial charge in [-0.25, -0.2) is 8.78 Å². The van der Waals surface area contributed by atoms with Crippen molar-refractivity contribution in [1.29, 1.82) is 0 Å². The van der Waals surface area contributed by atoms with Crippen molar-refractivity contribution in [3.8, 4) is 0 Å². The van der Waals surface area contributed by atoms with Crippen molar-refractivity contribution in [1.82, 2.24) is 0 Å². The van der Waals surface area contributed by atoms with E-state index in [2.05, 4.69) is 0 Å². The molecule has 0 aromatic rings. The van der Waals surface area contributed by atoms with E-state index in [0.29, 0.717) is 6.61 Å². The fraction of sp³-hybridized carbons (Fsp3) is 1.00. The summed E-state index contributed by atoms with van der Waals surface area (Å²) in [6.45, 7) is 2.45. The SMILES string of the molecule is COCCC1CCC(C)[C@@H](F)CC1F. The lowest BCUT2D eigenvalue weighted by molar-refractivity contribution is 0.123. The van der Waals surface area contributed by atoms with E-state index in [9.17, 15) is 8.78 Å². The molecule has 1 fully saturated rings. The summed E-state index contributed by atoms with van der Waals surface area (Å²) in [6, 6.07) is 0. The Morgan fingerprint density at radius 2 is 1.93 bits per heavy atom. The maximum atomic E-state index is 13.6. The molecule has 0 radical (unpaired) electrons. The zero-order chi connectivity index (χ0) is 10.6. The molecule has 4 atom stereocenters. The Balaban J connectivity index is 2.43. The molecule has 0 saturated heterocycles. The van der Waals surface area contributed by atoms with Gasteiger partial charge >= 0.3 is 0 Å². The van der Waals surface area contributed by atoms with Crippen LogP contribution in [0.3, 0.4) is 0 Å². The predicted molar refractivity (Wildman–Crippen MR) is 52.8 cm³/mol. The molecular weight excluding hydrogens is 186 g/mol. The first kappa shape index (κ1) is 11.9. The second-order valence-electron chi connectivity index (χ2n) is 4.36. The topological polar surface area (TPSA) is 9.23 Å². The fourth-order valence-corrected chi connectivity index (χ4v) is 2.07. The van der Waals surface area contributed by atoms with Gasteiger partial charge < -0.3 is 4.74 Å². The van der Waals surface area contributed by atoms with Gasteiger partial charge in [-0.3, -0.25) is 0 Å². The molecule has 84 valence electrons. The maximum Gasteiger partial charge on any atom is 0.106 e. The molecule has 0 aliphatic heterocycles. The first-order valence-corrected chi connectivity index (χ1v) is 5.42. The van der Waals surface area contributed by atoms with Crippen LogP contribution < -0.4 is 0 Å². The summed E-state index contributed by atoms with van der Waals surface area (Å²) < 4.78 is 31.8. The minimum atomic E-state index is -0.981. The van der Waals surface area contributed by atoms with Gasteiger partial charge in [-0.05, 0) is 31.1 Å². The number of hydrogen-bond donors (Lipinski definition) is 0. The van der Waals surface area contributed by atoms with Crippen LogP contribution in [0.15, 0.2) is 0 Å². The van der Waals surface area contributed by atoms with Crippen LogP contribution in [0.25, 0.3) is 0 Å². The van der Waals surface area contributed by atoms with Crippen LogP contribution >= 0.6 is 0 Å². The Hall–Kier alpha value is -0.180. The molecule has 0 bridgehead atoms. The second kappa shape index (κ2) is 5.64. The van der Waals surface area contributed by atoms with E-state index in [0.717, 1.165) is 19.3 Å². The standard InChI is InChI=1S/C11H20F2O/c1-8-3-4-9(5-6-14-2)11(13)7-10(8)12/h8-11H,3-7H2,1-2H3/t8?,9?,10-,11?/m0/s1. The normalized spacial score (nSPS) is 39.4. The molecule has 1 nitrogen and oxygen atoms in total. The number of ether oxygens (including phenoxy) is 1. The molecule has 0 spiro atoms. The summed E-state index contributed by atoms with van der Waals surface area (Å²) in [4.78, 5) is 0. The van der Waals surface area contributed by atoms with Crippen molar-refractivity contribution in [2.24, 2.45) is 11.8 Å². The first-order chi connectivity index (χ1) is 6.65. The minimum Gasteiger partial charge on any atom is -0.385 e. The van der Waals surface area contributed by atoms with Crippen molar-refractivity contribution in [2.75, 3.05) is 13.7 Å². The van der Waals surface area contributed by atoms with Crippen molar-refractivity contribution in [3.05, 3.63) is 0 Å². The monoisotopic (exact) mass is 206 g/mol. The van der Waals surface area contributed by atoms with Gasteiger partial charge in [0.15, 0.2) is 0 Å². The smallest absolute Gasteiger partial charge is 0.106 e. The molecule has 0 N–H and O–H groups in total. The highest BCUT2D eigenvalue weighted by atomic mass is 19.1. The van der Waals surface area contributed by atoms with Gasteiger partial charge in [0.2, 0.25) is 0 Å². The minimum absolute atomic E-state index is 0.00171. The van der Waals surface area contributed by atoms with Crippen LogP contribution in [0.2, 0.25) is 0 Å². The average Bonchev–Trinajstić information content (AvgIpc) is 2.26. The molecule has 1 aliphatic rings. The molecule has 1 aliphatic carbocycles. The van der Waals surface area contributed by atoms with E-state index < -0.39 is 12.3 Å². The van der Waals surface area contributed by atoms with Crippen LogP contribution in [0.4, 0.5) is 8.78 Å². The van der Waals surface area contributed by atoms with E-state index in [1.807, 2.05) is 6.92 Å². The number of methoxy groups -OCH3 is 1. The number of alkyl halides is 2. The summed E-state index contributed by atoms with van der Waals surface area (Å²) in [7, 11) is 1.62. The Kier molecular flexibility index (Phi) is 4.79. The lowest BCUT2D eigenvalue weighted by Crippen LogP contribution is -2.19. The number of halogens is 2. The predicted octanol–water partition coefficient (Wildman–Crippen LogP) is 3.14. The molecule has 0 aromatic carbocycles. The fourth-order valence-electron chi connectivity index (χ4n) is 2.07. The summed E-state index contributed by atoms with van der Waals surface area (Å²) in [5.74, 6) is 0.0129. The van der Waals surface area contributed by atoms with Gasteiger partial charge in [-0.15, -0.1) is 0 Å². The average molecular weight is 206 g/mol. The summed E-state index contributed by atoms with van der Waals surface area (Å²) in [6.07, 6.45) is 0.456. The summed E-state index contributed by atoms with van der Waals surface area (Å²) in [5.41, 5.74) is 0. The zero-order valence-corrected chi connectivity index (χ0v) is 9.01.